The minimum Gasteiger partial charge on any atom is -0.493 e. The number of methoxy groups -OCH3 is 2. The van der Waals surface area contributed by atoms with Gasteiger partial charge in [-0.2, -0.15) is 4.31 Å². The van der Waals surface area contributed by atoms with E-state index in [1.807, 2.05) is 6.92 Å². The maximum absolute atomic E-state index is 14.3. The Morgan fingerprint density at radius 3 is 2.35 bits per heavy atom. The topological polar surface area (TPSA) is 67.9 Å². The molecule has 23 heavy (non-hydrogen) atoms. The first-order valence-corrected chi connectivity index (χ1v) is 8.42. The van der Waals surface area contributed by atoms with E-state index < -0.39 is 20.7 Å². The van der Waals surface area contributed by atoms with E-state index in [1.165, 1.54) is 24.6 Å². The third-order valence-corrected chi connectivity index (χ3v) is 5.73. The number of hydrogen-bond donors (Lipinski definition) is 1. The van der Waals surface area contributed by atoms with Crippen LogP contribution in [0.5, 0.6) is 11.5 Å². The molecule has 2 unspecified atom stereocenters. The summed E-state index contributed by atoms with van der Waals surface area (Å²) in [5.74, 6) is -0.518. The Morgan fingerprint density at radius 1 is 1.22 bits per heavy atom. The smallest absolute Gasteiger partial charge is 0.246 e. The van der Waals surface area contributed by atoms with Crippen molar-refractivity contribution in [1.29, 1.82) is 0 Å². The van der Waals surface area contributed by atoms with Crippen LogP contribution in [0.3, 0.4) is 0 Å². The molecule has 1 aliphatic heterocycles. The molecule has 0 radical (unpaired) electrons. The second-order valence-electron chi connectivity index (χ2n) is 5.37. The fourth-order valence-corrected chi connectivity index (χ4v) is 4.26. The molecule has 0 bridgehead atoms. The molecule has 9 heteroatoms. The number of hydrogen-bond acceptors (Lipinski definition) is 5. The molecule has 2 rings (SSSR count). The van der Waals surface area contributed by atoms with E-state index in [1.54, 1.807) is 6.92 Å². The number of sulfonamides is 1. The predicted octanol–water partition coefficient (Wildman–Crippen LogP) is 1.64. The third kappa shape index (κ3) is 3.88. The van der Waals surface area contributed by atoms with Crippen molar-refractivity contribution >= 4 is 22.4 Å². The number of halogens is 2. The quantitative estimate of drug-likeness (QED) is 0.875. The van der Waals surface area contributed by atoms with Crippen LogP contribution in [0, 0.1) is 5.82 Å². The summed E-state index contributed by atoms with van der Waals surface area (Å²) in [6, 6.07) is 1.95. The molecule has 0 aliphatic carbocycles. The van der Waals surface area contributed by atoms with Gasteiger partial charge in [-0.25, -0.2) is 12.8 Å². The average molecular weight is 369 g/mol. The first kappa shape index (κ1) is 20.0. The van der Waals surface area contributed by atoms with Gasteiger partial charge in [-0.3, -0.25) is 0 Å². The maximum atomic E-state index is 14.3. The van der Waals surface area contributed by atoms with Crippen molar-refractivity contribution < 1.29 is 22.3 Å². The minimum absolute atomic E-state index is 0. The normalized spacial score (nSPS) is 22.3. The molecule has 1 heterocycles. The fraction of sp³-hybridized carbons (Fsp3) is 0.571. The number of ether oxygens (including phenoxy) is 2. The monoisotopic (exact) mass is 368 g/mol. The van der Waals surface area contributed by atoms with Crippen LogP contribution in [0.4, 0.5) is 4.39 Å². The van der Waals surface area contributed by atoms with Gasteiger partial charge in [0.05, 0.1) is 14.2 Å². The minimum atomic E-state index is -3.95. The molecule has 1 aromatic rings. The molecule has 0 amide bonds. The van der Waals surface area contributed by atoms with Crippen molar-refractivity contribution in [3.05, 3.63) is 17.9 Å². The molecule has 132 valence electrons. The average Bonchev–Trinajstić information content (AvgIpc) is 2.48. The summed E-state index contributed by atoms with van der Waals surface area (Å²) in [6.45, 7) is 4.49. The van der Waals surface area contributed by atoms with Crippen LogP contribution in [0.2, 0.25) is 0 Å². The van der Waals surface area contributed by atoms with Crippen molar-refractivity contribution in [2.24, 2.45) is 0 Å². The third-order valence-electron chi connectivity index (χ3n) is 3.73. The van der Waals surface area contributed by atoms with Crippen LogP contribution >= 0.6 is 12.4 Å². The molecular formula is C14H22ClFN2O4S. The van der Waals surface area contributed by atoms with Gasteiger partial charge < -0.3 is 14.8 Å². The first-order chi connectivity index (χ1) is 10.3. The van der Waals surface area contributed by atoms with Gasteiger partial charge in [0.25, 0.3) is 0 Å². The van der Waals surface area contributed by atoms with Gasteiger partial charge in [0, 0.05) is 37.3 Å². The fourth-order valence-electron chi connectivity index (χ4n) is 2.48. The zero-order chi connectivity index (χ0) is 16.5. The van der Waals surface area contributed by atoms with E-state index in [0.29, 0.717) is 6.54 Å². The van der Waals surface area contributed by atoms with Crippen molar-refractivity contribution in [3.8, 4) is 11.5 Å². The van der Waals surface area contributed by atoms with Crippen LogP contribution in [-0.4, -0.2) is 52.1 Å². The Bertz CT molecular complexity index is 656. The number of nitrogens with zero attached hydrogens (tertiary/aromatic N) is 1. The predicted molar refractivity (Wildman–Crippen MR) is 87.6 cm³/mol. The summed E-state index contributed by atoms with van der Waals surface area (Å²) in [5, 5.41) is 3.20. The Hall–Kier alpha value is -1.09. The molecule has 1 fully saturated rings. The number of nitrogens with one attached hydrogen (secondary N) is 1. The van der Waals surface area contributed by atoms with Crippen molar-refractivity contribution in [3.63, 3.8) is 0 Å². The van der Waals surface area contributed by atoms with E-state index >= 15 is 0 Å². The number of rotatable bonds is 4. The van der Waals surface area contributed by atoms with Gasteiger partial charge in [0.1, 0.15) is 10.7 Å². The van der Waals surface area contributed by atoms with E-state index in [9.17, 15) is 12.8 Å². The summed E-state index contributed by atoms with van der Waals surface area (Å²) in [7, 11) is -1.21. The van der Waals surface area contributed by atoms with Gasteiger partial charge >= 0.3 is 0 Å². The molecule has 1 aromatic carbocycles. The second-order valence-corrected chi connectivity index (χ2v) is 7.23. The lowest BCUT2D eigenvalue weighted by Crippen LogP contribution is -2.56. The highest BCUT2D eigenvalue weighted by Crippen LogP contribution is 2.33. The van der Waals surface area contributed by atoms with Gasteiger partial charge in [0.15, 0.2) is 11.5 Å². The zero-order valence-electron chi connectivity index (χ0n) is 13.5. The van der Waals surface area contributed by atoms with Crippen LogP contribution in [0.25, 0.3) is 0 Å². The molecule has 2 atom stereocenters. The first-order valence-electron chi connectivity index (χ1n) is 6.98. The molecule has 1 aliphatic rings. The highest BCUT2D eigenvalue weighted by Gasteiger charge is 2.35. The number of piperazine rings is 1. The molecule has 6 nitrogen and oxygen atoms in total. The summed E-state index contributed by atoms with van der Waals surface area (Å²) in [4.78, 5) is -0.397. The Morgan fingerprint density at radius 2 is 1.78 bits per heavy atom. The molecule has 1 N–H and O–H groups in total. The van der Waals surface area contributed by atoms with E-state index in [4.69, 9.17) is 9.47 Å². The second kappa shape index (κ2) is 7.65. The molecule has 1 saturated heterocycles. The SMILES string of the molecule is COc1cc(F)c(S(=O)(=O)N2CC(C)NCC2C)cc1OC.Cl. The standard InChI is InChI=1S/C14H21FN2O4S.ClH/c1-9-8-17(10(2)7-16-9)22(18,19)14-6-13(21-4)12(20-3)5-11(14)15;/h5-6,9-10,16H,7-8H2,1-4H3;1H. The summed E-state index contributed by atoms with van der Waals surface area (Å²) < 4.78 is 51.2. The van der Waals surface area contributed by atoms with Crippen molar-refractivity contribution in [2.75, 3.05) is 27.3 Å². The summed E-state index contributed by atoms with van der Waals surface area (Å²) in [6.07, 6.45) is 0. The largest absolute Gasteiger partial charge is 0.493 e. The van der Waals surface area contributed by atoms with Crippen LogP contribution in [0.15, 0.2) is 17.0 Å². The van der Waals surface area contributed by atoms with Crippen molar-refractivity contribution in [2.45, 2.75) is 30.8 Å². The molecule has 0 spiro atoms. The number of benzene rings is 1. The van der Waals surface area contributed by atoms with Crippen LogP contribution in [0.1, 0.15) is 13.8 Å². The Labute approximate surface area is 142 Å². The molecular weight excluding hydrogens is 347 g/mol. The lowest BCUT2D eigenvalue weighted by atomic mass is 10.2. The van der Waals surface area contributed by atoms with Crippen LogP contribution < -0.4 is 14.8 Å². The van der Waals surface area contributed by atoms with E-state index in [2.05, 4.69) is 5.32 Å². The van der Waals surface area contributed by atoms with Crippen LogP contribution in [-0.2, 0) is 10.0 Å². The van der Waals surface area contributed by atoms with E-state index in [-0.39, 0.29) is 42.5 Å². The van der Waals surface area contributed by atoms with Gasteiger partial charge in [-0.05, 0) is 13.8 Å². The maximum Gasteiger partial charge on any atom is 0.246 e. The highest BCUT2D eigenvalue weighted by molar-refractivity contribution is 7.89. The van der Waals surface area contributed by atoms with Gasteiger partial charge in [-0.15, -0.1) is 12.4 Å². The zero-order valence-corrected chi connectivity index (χ0v) is 15.1. The lowest BCUT2D eigenvalue weighted by Gasteiger charge is -2.36. The van der Waals surface area contributed by atoms with E-state index in [0.717, 1.165) is 6.07 Å². The van der Waals surface area contributed by atoms with Gasteiger partial charge in [0.2, 0.25) is 10.0 Å². The van der Waals surface area contributed by atoms with Crippen molar-refractivity contribution in [1.82, 2.24) is 9.62 Å². The van der Waals surface area contributed by atoms with Gasteiger partial charge in [-0.1, -0.05) is 0 Å². The highest BCUT2D eigenvalue weighted by atomic mass is 35.5. The Kier molecular flexibility index (Phi) is 6.64. The molecule has 0 saturated carbocycles. The lowest BCUT2D eigenvalue weighted by molar-refractivity contribution is 0.244. The summed E-state index contributed by atoms with van der Waals surface area (Å²) in [5.41, 5.74) is 0. The summed E-state index contributed by atoms with van der Waals surface area (Å²) >= 11 is 0. The Balaban J connectivity index is 0.00000264. The molecule has 0 aromatic heterocycles.